The smallest absolute Gasteiger partial charge is 0.311 e. The molecule has 0 saturated carbocycles. The van der Waals surface area contributed by atoms with Gasteiger partial charge in [0, 0.05) is 25.6 Å². The summed E-state index contributed by atoms with van der Waals surface area (Å²) in [6, 6.07) is 5.55. The number of hydrogen-bond donors (Lipinski definition) is 1. The van der Waals surface area contributed by atoms with Crippen molar-refractivity contribution in [2.24, 2.45) is 5.41 Å². The first kappa shape index (κ1) is 18.1. The second kappa shape index (κ2) is 7.55. The summed E-state index contributed by atoms with van der Waals surface area (Å²) in [7, 11) is 3.17. The zero-order chi connectivity index (χ0) is 17.7. The Morgan fingerprint density at radius 1 is 1.21 bits per heavy atom. The zero-order valence-electron chi connectivity index (χ0n) is 14.5. The number of hydrogen-bond acceptors (Lipinski definition) is 4. The molecule has 1 atom stereocenters. The van der Waals surface area contributed by atoms with E-state index >= 15 is 0 Å². The summed E-state index contributed by atoms with van der Waals surface area (Å²) < 4.78 is 10.5. The van der Waals surface area contributed by atoms with Gasteiger partial charge in [-0.05, 0) is 43.9 Å². The highest BCUT2D eigenvalue weighted by Crippen LogP contribution is 2.30. The SMILES string of the molecule is COc1cc(CCC(=O)N2CCCC(C)(C(=O)O)C2)cc(OC)c1. The van der Waals surface area contributed by atoms with Gasteiger partial charge in [0.15, 0.2) is 0 Å². The number of methoxy groups -OCH3 is 2. The molecule has 1 unspecified atom stereocenters. The third kappa shape index (κ3) is 4.19. The van der Waals surface area contributed by atoms with E-state index in [4.69, 9.17) is 9.47 Å². The van der Waals surface area contributed by atoms with E-state index in [0.29, 0.717) is 37.3 Å². The summed E-state index contributed by atoms with van der Waals surface area (Å²) in [5.74, 6) is 0.531. The number of likely N-dealkylation sites (tertiary alicyclic amines) is 1. The summed E-state index contributed by atoms with van der Waals surface area (Å²) in [5.41, 5.74) is 0.116. The molecule has 1 aromatic rings. The molecule has 132 valence electrons. The van der Waals surface area contributed by atoms with Gasteiger partial charge in [-0.15, -0.1) is 0 Å². The topological polar surface area (TPSA) is 76.1 Å². The van der Waals surface area contributed by atoms with Gasteiger partial charge in [0.1, 0.15) is 11.5 Å². The van der Waals surface area contributed by atoms with Crippen LogP contribution in [0.2, 0.25) is 0 Å². The molecule has 1 aliphatic rings. The standard InChI is InChI=1S/C18H25NO5/c1-18(17(21)22)7-4-8-19(12-18)16(20)6-5-13-9-14(23-2)11-15(10-13)24-3/h9-11H,4-8,12H2,1-3H3,(H,21,22). The minimum Gasteiger partial charge on any atom is -0.497 e. The number of benzene rings is 1. The van der Waals surface area contributed by atoms with Crippen molar-refractivity contribution in [3.8, 4) is 11.5 Å². The highest BCUT2D eigenvalue weighted by atomic mass is 16.5. The lowest BCUT2D eigenvalue weighted by Crippen LogP contribution is -2.48. The molecule has 1 amide bonds. The lowest BCUT2D eigenvalue weighted by molar-refractivity contribution is -0.153. The first-order chi connectivity index (χ1) is 11.4. The number of rotatable bonds is 6. The molecule has 1 heterocycles. The maximum atomic E-state index is 12.5. The quantitative estimate of drug-likeness (QED) is 0.863. The fourth-order valence-electron chi connectivity index (χ4n) is 3.05. The number of aliphatic carboxylic acids is 1. The van der Waals surface area contributed by atoms with Crippen LogP contribution in [0.15, 0.2) is 18.2 Å². The first-order valence-corrected chi connectivity index (χ1v) is 8.11. The highest BCUT2D eigenvalue weighted by Gasteiger charge is 2.39. The van der Waals surface area contributed by atoms with E-state index in [9.17, 15) is 14.7 Å². The Morgan fingerprint density at radius 3 is 2.38 bits per heavy atom. The Hall–Kier alpha value is -2.24. The summed E-state index contributed by atoms with van der Waals surface area (Å²) >= 11 is 0. The molecule has 24 heavy (non-hydrogen) atoms. The van der Waals surface area contributed by atoms with Gasteiger partial charge in [-0.2, -0.15) is 0 Å². The van der Waals surface area contributed by atoms with Crippen molar-refractivity contribution in [1.29, 1.82) is 0 Å². The molecule has 1 aliphatic heterocycles. The molecule has 0 spiro atoms. The molecule has 0 aliphatic carbocycles. The van der Waals surface area contributed by atoms with Gasteiger partial charge in [0.05, 0.1) is 19.6 Å². The molecule has 1 fully saturated rings. The van der Waals surface area contributed by atoms with Crippen LogP contribution in [-0.2, 0) is 16.0 Å². The van der Waals surface area contributed by atoms with Crippen molar-refractivity contribution in [1.82, 2.24) is 4.90 Å². The molecule has 6 heteroatoms. The van der Waals surface area contributed by atoms with Crippen molar-refractivity contribution >= 4 is 11.9 Å². The zero-order valence-corrected chi connectivity index (χ0v) is 14.5. The number of ether oxygens (including phenoxy) is 2. The molecule has 0 radical (unpaired) electrons. The number of amides is 1. The number of piperidine rings is 1. The predicted molar refractivity (Wildman–Crippen MR) is 89.4 cm³/mol. The molecular formula is C18H25NO5. The third-order valence-electron chi connectivity index (χ3n) is 4.60. The fraction of sp³-hybridized carbons (Fsp3) is 0.556. The van der Waals surface area contributed by atoms with Gasteiger partial charge in [0.25, 0.3) is 0 Å². The monoisotopic (exact) mass is 335 g/mol. The predicted octanol–water partition coefficient (Wildman–Crippen LogP) is 2.35. The van der Waals surface area contributed by atoms with E-state index in [-0.39, 0.29) is 12.5 Å². The largest absolute Gasteiger partial charge is 0.497 e. The number of carbonyl (C=O) groups is 2. The molecule has 1 saturated heterocycles. The normalized spacial score (nSPS) is 20.5. The molecule has 2 rings (SSSR count). The van der Waals surface area contributed by atoms with Crippen LogP contribution in [0, 0.1) is 5.41 Å². The van der Waals surface area contributed by atoms with E-state index in [2.05, 4.69) is 0 Å². The molecule has 1 aromatic carbocycles. The van der Waals surface area contributed by atoms with Gasteiger partial charge in [0.2, 0.25) is 5.91 Å². The Morgan fingerprint density at radius 2 is 1.83 bits per heavy atom. The van der Waals surface area contributed by atoms with Gasteiger partial charge in [-0.3, -0.25) is 9.59 Å². The van der Waals surface area contributed by atoms with Gasteiger partial charge < -0.3 is 19.5 Å². The minimum absolute atomic E-state index is 0.0102. The Bertz CT molecular complexity index is 593. The van der Waals surface area contributed by atoms with Crippen LogP contribution < -0.4 is 9.47 Å². The molecule has 6 nitrogen and oxygen atoms in total. The Kier molecular flexibility index (Phi) is 5.70. The lowest BCUT2D eigenvalue weighted by Gasteiger charge is -2.37. The van der Waals surface area contributed by atoms with Crippen LogP contribution in [0.1, 0.15) is 31.7 Å². The van der Waals surface area contributed by atoms with Crippen molar-refractivity contribution in [3.63, 3.8) is 0 Å². The second-order valence-corrected chi connectivity index (χ2v) is 6.51. The van der Waals surface area contributed by atoms with Crippen LogP contribution in [-0.4, -0.2) is 49.2 Å². The van der Waals surface area contributed by atoms with Gasteiger partial charge in [-0.1, -0.05) is 0 Å². The number of nitrogens with zero attached hydrogens (tertiary/aromatic N) is 1. The molecule has 0 bridgehead atoms. The summed E-state index contributed by atoms with van der Waals surface area (Å²) in [6.45, 7) is 2.62. The highest BCUT2D eigenvalue weighted by molar-refractivity contribution is 5.79. The fourth-order valence-corrected chi connectivity index (χ4v) is 3.05. The van der Waals surface area contributed by atoms with Gasteiger partial charge >= 0.3 is 5.97 Å². The summed E-state index contributed by atoms with van der Waals surface area (Å²) in [6.07, 6.45) is 2.24. The Labute approximate surface area is 142 Å². The summed E-state index contributed by atoms with van der Waals surface area (Å²) in [4.78, 5) is 25.5. The maximum absolute atomic E-state index is 12.5. The van der Waals surface area contributed by atoms with Crippen LogP contribution in [0.3, 0.4) is 0 Å². The number of aryl methyl sites for hydroxylation is 1. The summed E-state index contributed by atoms with van der Waals surface area (Å²) in [5, 5.41) is 9.35. The third-order valence-corrected chi connectivity index (χ3v) is 4.60. The maximum Gasteiger partial charge on any atom is 0.311 e. The van der Waals surface area contributed by atoms with Crippen LogP contribution >= 0.6 is 0 Å². The second-order valence-electron chi connectivity index (χ2n) is 6.51. The van der Waals surface area contributed by atoms with Gasteiger partial charge in [-0.25, -0.2) is 0 Å². The molecule has 1 N–H and O–H groups in total. The minimum atomic E-state index is -0.840. The van der Waals surface area contributed by atoms with E-state index in [1.807, 2.05) is 12.1 Å². The van der Waals surface area contributed by atoms with E-state index in [0.717, 1.165) is 12.0 Å². The average molecular weight is 335 g/mol. The molecule has 0 aromatic heterocycles. The van der Waals surface area contributed by atoms with E-state index < -0.39 is 11.4 Å². The van der Waals surface area contributed by atoms with E-state index in [1.54, 1.807) is 32.1 Å². The van der Waals surface area contributed by atoms with Crippen LogP contribution in [0.4, 0.5) is 0 Å². The van der Waals surface area contributed by atoms with Crippen LogP contribution in [0.5, 0.6) is 11.5 Å². The number of carboxylic acids is 1. The number of carbonyl (C=O) groups excluding carboxylic acids is 1. The van der Waals surface area contributed by atoms with Crippen LogP contribution in [0.25, 0.3) is 0 Å². The van der Waals surface area contributed by atoms with Crippen molar-refractivity contribution in [3.05, 3.63) is 23.8 Å². The number of carboxylic acid groups (broad SMARTS) is 1. The van der Waals surface area contributed by atoms with Crippen molar-refractivity contribution in [2.75, 3.05) is 27.3 Å². The van der Waals surface area contributed by atoms with Crippen molar-refractivity contribution < 1.29 is 24.2 Å². The Balaban J connectivity index is 1.99. The molecular weight excluding hydrogens is 310 g/mol. The average Bonchev–Trinajstić information content (AvgIpc) is 2.59. The first-order valence-electron chi connectivity index (χ1n) is 8.11. The van der Waals surface area contributed by atoms with Crippen molar-refractivity contribution in [2.45, 2.75) is 32.6 Å². The lowest BCUT2D eigenvalue weighted by atomic mass is 9.82. The van der Waals surface area contributed by atoms with E-state index in [1.165, 1.54) is 0 Å².